The van der Waals surface area contributed by atoms with E-state index in [0.717, 1.165) is 0 Å². The average Bonchev–Trinajstić information content (AvgIpc) is 2.42. The van der Waals surface area contributed by atoms with Gasteiger partial charge in [-0.2, -0.15) is 0 Å². The maximum atomic E-state index is 13.9. The normalized spacial score (nSPS) is 10.2. The zero-order valence-electron chi connectivity index (χ0n) is 11.4. The summed E-state index contributed by atoms with van der Waals surface area (Å²) in [5.41, 5.74) is 1.05. The van der Waals surface area contributed by atoms with Crippen LogP contribution in [0.25, 0.3) is 0 Å². The lowest BCUT2D eigenvalue weighted by Gasteiger charge is -2.09. The van der Waals surface area contributed by atoms with Crippen LogP contribution in [0.4, 0.5) is 10.1 Å². The first-order chi connectivity index (χ1) is 9.61. The second-order valence-corrected chi connectivity index (χ2v) is 4.35. The summed E-state index contributed by atoms with van der Waals surface area (Å²) in [6.07, 6.45) is 0. The Labute approximate surface area is 117 Å². The van der Waals surface area contributed by atoms with E-state index in [-0.39, 0.29) is 5.56 Å². The Hall–Kier alpha value is -2.36. The molecule has 2 aromatic rings. The predicted octanol–water partition coefficient (Wildman–Crippen LogP) is 3.79. The number of carbonyl (C=O) groups excluding carboxylic acids is 1. The van der Waals surface area contributed by atoms with Crippen molar-refractivity contribution in [3.63, 3.8) is 0 Å². The highest BCUT2D eigenvalue weighted by molar-refractivity contribution is 6.04. The van der Waals surface area contributed by atoms with E-state index in [2.05, 4.69) is 5.32 Å². The molecule has 2 rings (SSSR count). The fraction of sp³-hybridized carbons (Fsp3) is 0.188. The van der Waals surface area contributed by atoms with E-state index in [1.54, 1.807) is 43.3 Å². The lowest BCUT2D eigenvalue weighted by atomic mass is 10.1. The molecule has 0 unspecified atom stereocenters. The number of hydrogen-bond donors (Lipinski definition) is 1. The number of amides is 1. The van der Waals surface area contributed by atoms with Gasteiger partial charge in [-0.05, 0) is 37.6 Å². The molecular formula is C16H16FNO2. The summed E-state index contributed by atoms with van der Waals surface area (Å²) in [4.78, 5) is 12.1. The van der Waals surface area contributed by atoms with Crippen LogP contribution in [0.5, 0.6) is 5.75 Å². The molecule has 0 saturated heterocycles. The van der Waals surface area contributed by atoms with Crippen molar-refractivity contribution in [2.45, 2.75) is 13.8 Å². The lowest BCUT2D eigenvalue weighted by Crippen LogP contribution is -2.14. The number of hydrogen-bond acceptors (Lipinski definition) is 2. The average molecular weight is 273 g/mol. The fourth-order valence-corrected chi connectivity index (χ4v) is 1.85. The van der Waals surface area contributed by atoms with Gasteiger partial charge in [-0.3, -0.25) is 4.79 Å². The molecule has 0 aromatic heterocycles. The topological polar surface area (TPSA) is 38.3 Å². The molecular weight excluding hydrogens is 257 g/mol. The second-order valence-electron chi connectivity index (χ2n) is 4.35. The van der Waals surface area contributed by atoms with Crippen LogP contribution in [0.3, 0.4) is 0 Å². The summed E-state index contributed by atoms with van der Waals surface area (Å²) in [5, 5.41) is 2.67. The van der Waals surface area contributed by atoms with Gasteiger partial charge in [0.1, 0.15) is 11.6 Å². The standard InChI is InChI=1S/C16H16FNO2/c1-3-20-13-8-5-7-12(10-13)18-16(19)14-9-4-6-11(2)15(14)17/h4-10H,3H2,1-2H3,(H,18,19). The molecule has 0 bridgehead atoms. The van der Waals surface area contributed by atoms with Gasteiger partial charge in [0.05, 0.1) is 12.2 Å². The molecule has 4 heteroatoms. The third kappa shape index (κ3) is 3.15. The summed E-state index contributed by atoms with van der Waals surface area (Å²) in [7, 11) is 0. The Kier molecular flexibility index (Phi) is 4.35. The maximum absolute atomic E-state index is 13.9. The van der Waals surface area contributed by atoms with E-state index in [1.807, 2.05) is 6.92 Å². The summed E-state index contributed by atoms with van der Waals surface area (Å²) in [5.74, 6) is -0.305. The molecule has 0 saturated carbocycles. The van der Waals surface area contributed by atoms with Gasteiger partial charge in [0, 0.05) is 11.8 Å². The van der Waals surface area contributed by atoms with E-state index >= 15 is 0 Å². The SMILES string of the molecule is CCOc1cccc(NC(=O)c2cccc(C)c2F)c1. The minimum Gasteiger partial charge on any atom is -0.494 e. The van der Waals surface area contributed by atoms with Crippen LogP contribution in [0.15, 0.2) is 42.5 Å². The molecule has 0 heterocycles. The third-order valence-corrected chi connectivity index (χ3v) is 2.84. The number of halogens is 1. The van der Waals surface area contributed by atoms with Gasteiger partial charge < -0.3 is 10.1 Å². The van der Waals surface area contributed by atoms with Gasteiger partial charge in [-0.15, -0.1) is 0 Å². The third-order valence-electron chi connectivity index (χ3n) is 2.84. The molecule has 1 amide bonds. The first-order valence-electron chi connectivity index (χ1n) is 6.41. The van der Waals surface area contributed by atoms with Crippen molar-refractivity contribution in [2.24, 2.45) is 0 Å². The molecule has 0 aliphatic carbocycles. The number of benzene rings is 2. The van der Waals surface area contributed by atoms with Crippen molar-refractivity contribution in [3.8, 4) is 5.75 Å². The number of ether oxygens (including phenoxy) is 1. The molecule has 1 N–H and O–H groups in total. The van der Waals surface area contributed by atoms with Crippen LogP contribution in [-0.4, -0.2) is 12.5 Å². The maximum Gasteiger partial charge on any atom is 0.258 e. The summed E-state index contributed by atoms with van der Waals surface area (Å²) in [6, 6.07) is 11.7. The Bertz CT molecular complexity index is 626. The molecule has 20 heavy (non-hydrogen) atoms. The molecule has 104 valence electrons. The van der Waals surface area contributed by atoms with Gasteiger partial charge >= 0.3 is 0 Å². The van der Waals surface area contributed by atoms with Crippen molar-refractivity contribution in [2.75, 3.05) is 11.9 Å². The van der Waals surface area contributed by atoms with Crippen LogP contribution >= 0.6 is 0 Å². The Balaban J connectivity index is 2.19. The zero-order valence-corrected chi connectivity index (χ0v) is 11.4. The summed E-state index contributed by atoms with van der Waals surface area (Å²) in [6.45, 7) is 4.05. The van der Waals surface area contributed by atoms with Crippen molar-refractivity contribution in [3.05, 3.63) is 59.4 Å². The Morgan fingerprint density at radius 3 is 2.75 bits per heavy atom. The molecule has 0 radical (unpaired) electrons. The first-order valence-corrected chi connectivity index (χ1v) is 6.41. The molecule has 0 fully saturated rings. The molecule has 2 aromatic carbocycles. The highest BCUT2D eigenvalue weighted by atomic mass is 19.1. The number of rotatable bonds is 4. The molecule has 0 aliphatic rings. The van der Waals surface area contributed by atoms with E-state index in [1.165, 1.54) is 6.07 Å². The predicted molar refractivity (Wildman–Crippen MR) is 76.7 cm³/mol. The number of anilines is 1. The minimum atomic E-state index is -0.494. The minimum absolute atomic E-state index is 0.0341. The van der Waals surface area contributed by atoms with E-state index in [9.17, 15) is 9.18 Å². The quantitative estimate of drug-likeness (QED) is 0.920. The lowest BCUT2D eigenvalue weighted by molar-refractivity contribution is 0.102. The highest BCUT2D eigenvalue weighted by Gasteiger charge is 2.13. The Morgan fingerprint density at radius 2 is 2.00 bits per heavy atom. The van der Waals surface area contributed by atoms with Gasteiger partial charge in [0.15, 0.2) is 0 Å². The summed E-state index contributed by atoms with van der Waals surface area (Å²) < 4.78 is 19.2. The monoisotopic (exact) mass is 273 g/mol. The molecule has 3 nitrogen and oxygen atoms in total. The van der Waals surface area contributed by atoms with Gasteiger partial charge in [0.2, 0.25) is 0 Å². The van der Waals surface area contributed by atoms with Gasteiger partial charge in [0.25, 0.3) is 5.91 Å². The Morgan fingerprint density at radius 1 is 1.25 bits per heavy atom. The molecule has 0 spiro atoms. The van der Waals surface area contributed by atoms with Gasteiger partial charge in [-0.25, -0.2) is 4.39 Å². The van der Waals surface area contributed by atoms with Crippen LogP contribution in [-0.2, 0) is 0 Å². The summed E-state index contributed by atoms with van der Waals surface area (Å²) >= 11 is 0. The van der Waals surface area contributed by atoms with E-state index in [0.29, 0.717) is 23.6 Å². The van der Waals surface area contributed by atoms with Crippen molar-refractivity contribution >= 4 is 11.6 Å². The largest absolute Gasteiger partial charge is 0.494 e. The number of carbonyl (C=O) groups is 1. The van der Waals surface area contributed by atoms with Crippen molar-refractivity contribution in [1.82, 2.24) is 0 Å². The van der Waals surface area contributed by atoms with Crippen LogP contribution < -0.4 is 10.1 Å². The van der Waals surface area contributed by atoms with Gasteiger partial charge in [-0.1, -0.05) is 18.2 Å². The van der Waals surface area contributed by atoms with E-state index in [4.69, 9.17) is 4.74 Å². The first kappa shape index (κ1) is 14.1. The molecule has 0 atom stereocenters. The molecule has 0 aliphatic heterocycles. The van der Waals surface area contributed by atoms with Crippen LogP contribution in [0, 0.1) is 12.7 Å². The fourth-order valence-electron chi connectivity index (χ4n) is 1.85. The number of aryl methyl sites for hydroxylation is 1. The second kappa shape index (κ2) is 6.19. The smallest absolute Gasteiger partial charge is 0.258 e. The van der Waals surface area contributed by atoms with Crippen LogP contribution in [0.1, 0.15) is 22.8 Å². The zero-order chi connectivity index (χ0) is 14.5. The van der Waals surface area contributed by atoms with Crippen molar-refractivity contribution in [1.29, 1.82) is 0 Å². The van der Waals surface area contributed by atoms with Crippen molar-refractivity contribution < 1.29 is 13.9 Å². The highest BCUT2D eigenvalue weighted by Crippen LogP contribution is 2.19. The van der Waals surface area contributed by atoms with E-state index < -0.39 is 11.7 Å². The number of nitrogens with one attached hydrogen (secondary N) is 1. The van der Waals surface area contributed by atoms with Crippen LogP contribution in [0.2, 0.25) is 0 Å².